The number of anilines is 1. The van der Waals surface area contributed by atoms with Crippen LogP contribution < -0.4 is 14.8 Å². The highest BCUT2D eigenvalue weighted by Crippen LogP contribution is 2.41. The second-order valence-electron chi connectivity index (χ2n) is 6.06. The van der Waals surface area contributed by atoms with Gasteiger partial charge in [-0.2, -0.15) is 0 Å². The van der Waals surface area contributed by atoms with Crippen molar-refractivity contribution in [2.24, 2.45) is 0 Å². The van der Waals surface area contributed by atoms with Crippen molar-refractivity contribution in [2.45, 2.75) is 18.5 Å². The van der Waals surface area contributed by atoms with Crippen LogP contribution in [0.25, 0.3) is 0 Å². The van der Waals surface area contributed by atoms with Gasteiger partial charge in [-0.05, 0) is 46.7 Å². The van der Waals surface area contributed by atoms with E-state index in [1.807, 2.05) is 30.3 Å². The Bertz CT molecular complexity index is 929. The summed E-state index contributed by atoms with van der Waals surface area (Å²) in [5, 5.41) is 15.6. The van der Waals surface area contributed by atoms with Crippen LogP contribution in [-0.2, 0) is 0 Å². The second kappa shape index (κ2) is 6.95. The van der Waals surface area contributed by atoms with Crippen molar-refractivity contribution in [3.63, 3.8) is 0 Å². The summed E-state index contributed by atoms with van der Waals surface area (Å²) in [6.07, 6.45) is 0.789. The Morgan fingerprint density at radius 1 is 1.15 bits per heavy atom. The molecular weight excluding hydrogens is 398 g/mol. The fourth-order valence-corrected chi connectivity index (χ4v) is 3.75. The smallest absolute Gasteiger partial charge is 0.243 e. The van der Waals surface area contributed by atoms with Gasteiger partial charge in [-0.3, -0.25) is 0 Å². The van der Waals surface area contributed by atoms with Crippen LogP contribution in [0, 0.1) is 0 Å². The summed E-state index contributed by atoms with van der Waals surface area (Å²) in [5.41, 5.74) is 2.19. The molecular formula is C18H18BrN5O2. The Kier molecular flexibility index (Phi) is 4.50. The molecule has 3 aromatic rings. The Morgan fingerprint density at radius 3 is 2.81 bits per heavy atom. The van der Waals surface area contributed by atoms with Crippen molar-refractivity contribution >= 4 is 21.9 Å². The molecule has 2 atom stereocenters. The lowest BCUT2D eigenvalue weighted by molar-refractivity contribution is 0.369. The van der Waals surface area contributed by atoms with Gasteiger partial charge in [-0.1, -0.05) is 33.2 Å². The molecule has 4 rings (SSSR count). The van der Waals surface area contributed by atoms with Gasteiger partial charge in [0.1, 0.15) is 11.5 Å². The Morgan fingerprint density at radius 2 is 2.04 bits per heavy atom. The molecule has 0 saturated heterocycles. The predicted octanol–water partition coefficient (Wildman–Crippen LogP) is 3.60. The zero-order chi connectivity index (χ0) is 18.1. The van der Waals surface area contributed by atoms with Crippen molar-refractivity contribution in [2.75, 3.05) is 19.5 Å². The Labute approximate surface area is 159 Å². The summed E-state index contributed by atoms with van der Waals surface area (Å²) >= 11 is 3.54. The Hall–Kier alpha value is -2.61. The lowest BCUT2D eigenvalue weighted by atomic mass is 9.93. The third-order valence-corrected chi connectivity index (χ3v) is 5.09. The molecule has 0 aliphatic carbocycles. The summed E-state index contributed by atoms with van der Waals surface area (Å²) in [5.74, 6) is 2.15. The van der Waals surface area contributed by atoms with E-state index in [0.717, 1.165) is 28.0 Å². The van der Waals surface area contributed by atoms with Crippen molar-refractivity contribution in [1.82, 2.24) is 20.2 Å². The van der Waals surface area contributed by atoms with Gasteiger partial charge < -0.3 is 14.8 Å². The zero-order valence-electron chi connectivity index (χ0n) is 14.4. The van der Waals surface area contributed by atoms with E-state index in [1.165, 1.54) is 5.56 Å². The monoisotopic (exact) mass is 415 g/mol. The molecule has 0 fully saturated rings. The van der Waals surface area contributed by atoms with Crippen LogP contribution in [0.1, 0.15) is 29.6 Å². The van der Waals surface area contributed by atoms with Crippen LogP contribution in [0.2, 0.25) is 0 Å². The summed E-state index contributed by atoms with van der Waals surface area (Å²) in [4.78, 5) is 0. The molecule has 2 aromatic carbocycles. The quantitative estimate of drug-likeness (QED) is 0.701. The number of nitrogens with zero attached hydrogens (tertiary/aromatic N) is 4. The maximum absolute atomic E-state index is 5.60. The van der Waals surface area contributed by atoms with Gasteiger partial charge in [-0.15, -0.1) is 0 Å². The van der Waals surface area contributed by atoms with Gasteiger partial charge in [-0.25, -0.2) is 4.68 Å². The van der Waals surface area contributed by atoms with E-state index in [-0.39, 0.29) is 12.1 Å². The number of halogens is 1. The van der Waals surface area contributed by atoms with E-state index in [2.05, 4.69) is 48.9 Å². The van der Waals surface area contributed by atoms with E-state index in [1.54, 1.807) is 18.9 Å². The van der Waals surface area contributed by atoms with Gasteiger partial charge in [0, 0.05) is 16.1 Å². The second-order valence-corrected chi connectivity index (χ2v) is 6.97. The number of fused-ring (bicyclic) bond motifs is 1. The lowest BCUT2D eigenvalue weighted by Gasteiger charge is -2.31. The molecule has 0 radical (unpaired) electrons. The standard InChI is InChI=1S/C18H18BrN5O2/c1-25-13-6-7-14(17(9-13)26-2)16-10-15(11-4-3-5-12(19)8-11)20-18-21-22-23-24(16)18/h3-9,15-16H,10H2,1-2H3,(H,20,21,23). The van der Waals surface area contributed by atoms with E-state index in [0.29, 0.717) is 5.95 Å². The molecule has 8 heteroatoms. The van der Waals surface area contributed by atoms with Crippen molar-refractivity contribution in [1.29, 1.82) is 0 Å². The molecule has 2 heterocycles. The first-order valence-electron chi connectivity index (χ1n) is 8.21. The number of aromatic nitrogens is 4. The Balaban J connectivity index is 1.76. The molecule has 1 aliphatic heterocycles. The number of rotatable bonds is 4. The first-order chi connectivity index (χ1) is 12.7. The normalized spacial score (nSPS) is 18.7. The number of nitrogens with one attached hydrogen (secondary N) is 1. The molecule has 1 aromatic heterocycles. The fourth-order valence-electron chi connectivity index (χ4n) is 3.33. The van der Waals surface area contributed by atoms with Gasteiger partial charge in [0.05, 0.1) is 26.3 Å². The van der Waals surface area contributed by atoms with E-state index >= 15 is 0 Å². The summed E-state index contributed by atoms with van der Waals surface area (Å²) in [6, 6.07) is 14.1. The van der Waals surface area contributed by atoms with Crippen LogP contribution in [0.5, 0.6) is 11.5 Å². The first kappa shape index (κ1) is 16.8. The van der Waals surface area contributed by atoms with E-state index < -0.39 is 0 Å². The average Bonchev–Trinajstić information content (AvgIpc) is 3.15. The molecule has 0 saturated carbocycles. The maximum atomic E-state index is 5.60. The fraction of sp³-hybridized carbons (Fsp3) is 0.278. The third-order valence-electron chi connectivity index (χ3n) is 4.60. The molecule has 134 valence electrons. The highest BCUT2D eigenvalue weighted by atomic mass is 79.9. The molecule has 0 spiro atoms. The van der Waals surface area contributed by atoms with Gasteiger partial charge in [0.15, 0.2) is 0 Å². The summed E-state index contributed by atoms with van der Waals surface area (Å²) in [7, 11) is 3.30. The van der Waals surface area contributed by atoms with E-state index in [4.69, 9.17) is 9.47 Å². The van der Waals surface area contributed by atoms with Crippen LogP contribution in [-0.4, -0.2) is 34.4 Å². The number of benzene rings is 2. The molecule has 26 heavy (non-hydrogen) atoms. The predicted molar refractivity (Wildman–Crippen MR) is 101 cm³/mol. The van der Waals surface area contributed by atoms with Crippen molar-refractivity contribution in [3.05, 3.63) is 58.1 Å². The summed E-state index contributed by atoms with van der Waals surface area (Å²) in [6.45, 7) is 0. The topological polar surface area (TPSA) is 74.1 Å². The molecule has 1 aliphatic rings. The SMILES string of the molecule is COc1ccc(C2CC(c3cccc(Br)c3)Nc3nnnn32)c(OC)c1. The number of tetrazole rings is 1. The van der Waals surface area contributed by atoms with E-state index in [9.17, 15) is 0 Å². The molecule has 2 unspecified atom stereocenters. The minimum Gasteiger partial charge on any atom is -0.497 e. The third kappa shape index (κ3) is 3.01. The number of hydrogen-bond acceptors (Lipinski definition) is 6. The average molecular weight is 416 g/mol. The van der Waals surface area contributed by atoms with Crippen LogP contribution in [0.4, 0.5) is 5.95 Å². The molecule has 7 nitrogen and oxygen atoms in total. The molecule has 0 amide bonds. The van der Waals surface area contributed by atoms with Crippen LogP contribution in [0.15, 0.2) is 46.9 Å². The largest absolute Gasteiger partial charge is 0.497 e. The first-order valence-corrected chi connectivity index (χ1v) is 9.00. The highest BCUT2D eigenvalue weighted by Gasteiger charge is 2.32. The van der Waals surface area contributed by atoms with Gasteiger partial charge in [0.25, 0.3) is 0 Å². The van der Waals surface area contributed by atoms with Gasteiger partial charge in [0.2, 0.25) is 5.95 Å². The minimum atomic E-state index is -0.0499. The molecule has 0 bridgehead atoms. The number of methoxy groups -OCH3 is 2. The molecule has 1 N–H and O–H groups in total. The zero-order valence-corrected chi connectivity index (χ0v) is 16.0. The minimum absolute atomic E-state index is 0.0499. The lowest BCUT2D eigenvalue weighted by Crippen LogP contribution is -2.28. The number of ether oxygens (including phenoxy) is 2. The van der Waals surface area contributed by atoms with Gasteiger partial charge >= 0.3 is 0 Å². The van der Waals surface area contributed by atoms with Crippen molar-refractivity contribution in [3.8, 4) is 11.5 Å². The van der Waals surface area contributed by atoms with Crippen molar-refractivity contribution < 1.29 is 9.47 Å². The maximum Gasteiger partial charge on any atom is 0.243 e. The van der Waals surface area contributed by atoms with Crippen LogP contribution >= 0.6 is 15.9 Å². The summed E-state index contributed by atoms with van der Waals surface area (Å²) < 4.78 is 13.8. The number of hydrogen-bond donors (Lipinski definition) is 1. The highest BCUT2D eigenvalue weighted by molar-refractivity contribution is 9.10. The van der Waals surface area contributed by atoms with Crippen LogP contribution in [0.3, 0.4) is 0 Å².